The van der Waals surface area contributed by atoms with Gasteiger partial charge in [-0.2, -0.15) is 0 Å². The first-order valence-electron chi connectivity index (χ1n) is 7.76. The van der Waals surface area contributed by atoms with E-state index in [1.807, 2.05) is 12.1 Å². The largest absolute Gasteiger partial charge is 0.480 e. The lowest BCUT2D eigenvalue weighted by Gasteiger charge is -2.20. The Labute approximate surface area is 147 Å². The molecule has 0 saturated carbocycles. The smallest absolute Gasteiger partial charge is 0.430 e. The highest BCUT2D eigenvalue weighted by atomic mass is 31.2. The molecule has 6 heteroatoms. The van der Waals surface area contributed by atoms with E-state index in [9.17, 15) is 14.5 Å². The Morgan fingerprint density at radius 3 is 1.92 bits per heavy atom. The molecular weight excluding hydrogens is 339 g/mol. The van der Waals surface area contributed by atoms with Crippen LogP contribution < -0.4 is 9.05 Å². The van der Waals surface area contributed by atoms with E-state index in [4.69, 9.17) is 9.05 Å². The Balaban J connectivity index is 2.20. The second-order valence-corrected chi connectivity index (χ2v) is 7.25. The molecule has 0 fully saturated rings. The maximum atomic E-state index is 13.2. The Morgan fingerprint density at radius 2 is 1.52 bits per heavy atom. The molecule has 0 heterocycles. The molecule has 0 spiro atoms. The zero-order valence-electron chi connectivity index (χ0n) is 13.8. The first kappa shape index (κ1) is 18.6. The highest BCUT2D eigenvalue weighted by Gasteiger charge is 2.30. The third kappa shape index (κ3) is 6.02. The van der Waals surface area contributed by atoms with Crippen LogP contribution in [0.15, 0.2) is 60.7 Å². The number of carboxylic acid groups (broad SMARTS) is 1. The topological polar surface area (TPSA) is 72.8 Å². The molecule has 0 amide bonds. The van der Waals surface area contributed by atoms with E-state index < -0.39 is 19.5 Å². The number of para-hydroxylation sites is 2. The summed E-state index contributed by atoms with van der Waals surface area (Å²) in [5, 5.41) is 9.21. The van der Waals surface area contributed by atoms with E-state index in [0.717, 1.165) is 0 Å². The minimum absolute atomic E-state index is 0.0626. The molecule has 2 aromatic carbocycles. The van der Waals surface area contributed by atoms with Crippen LogP contribution in [-0.4, -0.2) is 17.2 Å². The Bertz CT molecular complexity index is 747. The van der Waals surface area contributed by atoms with Crippen molar-refractivity contribution in [3.8, 4) is 23.3 Å². The molecule has 2 rings (SSSR count). The van der Waals surface area contributed by atoms with Gasteiger partial charge in [-0.3, -0.25) is 4.79 Å². The van der Waals surface area contributed by atoms with E-state index in [-0.39, 0.29) is 12.6 Å². The van der Waals surface area contributed by atoms with Gasteiger partial charge in [0, 0.05) is 0 Å². The summed E-state index contributed by atoms with van der Waals surface area (Å²) in [5.41, 5.74) is 0. The molecular formula is C19H19O5P. The highest BCUT2D eigenvalue weighted by Crippen LogP contribution is 2.49. The number of carboxylic acids is 1. The summed E-state index contributed by atoms with van der Waals surface area (Å²) in [6.45, 7) is 1.57. The summed E-state index contributed by atoms with van der Waals surface area (Å²) in [6, 6.07) is 17.3. The Hall–Kier alpha value is -2.70. The fraction of sp³-hybridized carbons (Fsp3) is 0.211. The van der Waals surface area contributed by atoms with Gasteiger partial charge in [-0.1, -0.05) is 42.3 Å². The fourth-order valence-electron chi connectivity index (χ4n) is 2.11. The fourth-order valence-corrected chi connectivity index (χ4v) is 3.79. The summed E-state index contributed by atoms with van der Waals surface area (Å²) >= 11 is 0. The van der Waals surface area contributed by atoms with Crippen molar-refractivity contribution in [2.45, 2.75) is 13.3 Å². The monoisotopic (exact) mass is 358 g/mol. The standard InChI is InChI=1S/C19H19O5P/c1-2-9-16(19(20)21)14-15-25(22,23-17-10-5-3-6-11-17)24-18-12-7-4-8-13-18/h3-8,10-13,16H,14-15H2,1H3,(H,20,21). The van der Waals surface area contributed by atoms with Crippen LogP contribution in [0.3, 0.4) is 0 Å². The van der Waals surface area contributed by atoms with E-state index in [1.54, 1.807) is 55.5 Å². The molecule has 0 bridgehead atoms. The van der Waals surface area contributed by atoms with Crippen molar-refractivity contribution in [1.82, 2.24) is 0 Å². The summed E-state index contributed by atoms with van der Waals surface area (Å²) < 4.78 is 24.4. The molecule has 25 heavy (non-hydrogen) atoms. The lowest BCUT2D eigenvalue weighted by atomic mass is 10.1. The molecule has 0 saturated heterocycles. The summed E-state index contributed by atoms with van der Waals surface area (Å²) in [5.74, 6) is 4.01. The normalized spacial score (nSPS) is 11.7. The molecule has 0 aliphatic carbocycles. The van der Waals surface area contributed by atoms with Gasteiger partial charge in [0.1, 0.15) is 17.4 Å². The molecule has 1 unspecified atom stereocenters. The van der Waals surface area contributed by atoms with E-state index >= 15 is 0 Å². The highest BCUT2D eigenvalue weighted by molar-refractivity contribution is 7.54. The van der Waals surface area contributed by atoms with Crippen molar-refractivity contribution in [1.29, 1.82) is 0 Å². The van der Waals surface area contributed by atoms with Gasteiger partial charge in [-0.25, -0.2) is 4.57 Å². The number of rotatable bonds is 8. The molecule has 0 aliphatic rings. The Kier molecular flexibility index (Phi) is 6.68. The first-order chi connectivity index (χ1) is 12.0. The van der Waals surface area contributed by atoms with Gasteiger partial charge in [-0.15, -0.1) is 5.92 Å². The minimum atomic E-state index is -3.61. The van der Waals surface area contributed by atoms with Crippen molar-refractivity contribution < 1.29 is 23.5 Å². The van der Waals surface area contributed by atoms with Crippen LogP contribution >= 0.6 is 7.60 Å². The van der Waals surface area contributed by atoms with Crippen molar-refractivity contribution in [3.63, 3.8) is 0 Å². The number of carbonyl (C=O) groups is 1. The van der Waals surface area contributed by atoms with Gasteiger partial charge in [0.05, 0.1) is 6.16 Å². The average molecular weight is 358 g/mol. The number of aliphatic carboxylic acids is 1. The zero-order chi connectivity index (χ0) is 18.1. The molecule has 0 aromatic heterocycles. The number of hydrogen-bond acceptors (Lipinski definition) is 4. The molecule has 0 aliphatic heterocycles. The molecule has 1 atom stereocenters. The average Bonchev–Trinajstić information content (AvgIpc) is 2.60. The van der Waals surface area contributed by atoms with Crippen LogP contribution in [0.5, 0.6) is 11.5 Å². The predicted molar refractivity (Wildman–Crippen MR) is 95.8 cm³/mol. The van der Waals surface area contributed by atoms with Crippen LogP contribution in [-0.2, 0) is 9.36 Å². The minimum Gasteiger partial charge on any atom is -0.480 e. The maximum absolute atomic E-state index is 13.2. The number of benzene rings is 2. The number of hydrogen-bond donors (Lipinski definition) is 1. The molecule has 0 radical (unpaired) electrons. The van der Waals surface area contributed by atoms with Gasteiger partial charge in [0.25, 0.3) is 0 Å². The van der Waals surface area contributed by atoms with Crippen LogP contribution in [0.25, 0.3) is 0 Å². The van der Waals surface area contributed by atoms with Crippen LogP contribution in [0.2, 0.25) is 0 Å². The second-order valence-electron chi connectivity index (χ2n) is 5.22. The van der Waals surface area contributed by atoms with E-state index in [0.29, 0.717) is 11.5 Å². The van der Waals surface area contributed by atoms with Gasteiger partial charge in [0.15, 0.2) is 0 Å². The maximum Gasteiger partial charge on any atom is 0.430 e. The van der Waals surface area contributed by atoms with Crippen LogP contribution in [0.1, 0.15) is 13.3 Å². The second kappa shape index (κ2) is 8.96. The lowest BCUT2D eigenvalue weighted by Crippen LogP contribution is -2.15. The summed E-state index contributed by atoms with van der Waals surface area (Å²) in [6.07, 6.45) is -0.00441. The summed E-state index contributed by atoms with van der Waals surface area (Å²) in [7, 11) is -3.61. The molecule has 1 N–H and O–H groups in total. The quantitative estimate of drug-likeness (QED) is 0.557. The molecule has 2 aromatic rings. The summed E-state index contributed by atoms with van der Waals surface area (Å²) in [4.78, 5) is 11.2. The SMILES string of the molecule is CC#CC(CCP(=O)(Oc1ccccc1)Oc1ccccc1)C(=O)O. The van der Waals surface area contributed by atoms with E-state index in [2.05, 4.69) is 11.8 Å². The third-order valence-corrected chi connectivity index (χ3v) is 5.07. The van der Waals surface area contributed by atoms with Crippen molar-refractivity contribution in [2.75, 3.05) is 6.16 Å². The first-order valence-corrected chi connectivity index (χ1v) is 9.48. The van der Waals surface area contributed by atoms with Crippen molar-refractivity contribution in [2.24, 2.45) is 5.92 Å². The van der Waals surface area contributed by atoms with Gasteiger partial charge >= 0.3 is 13.6 Å². The van der Waals surface area contributed by atoms with Crippen molar-refractivity contribution in [3.05, 3.63) is 60.7 Å². The Morgan fingerprint density at radius 1 is 1.04 bits per heavy atom. The van der Waals surface area contributed by atoms with Gasteiger partial charge < -0.3 is 14.2 Å². The van der Waals surface area contributed by atoms with Crippen LogP contribution in [0.4, 0.5) is 0 Å². The van der Waals surface area contributed by atoms with Crippen molar-refractivity contribution >= 4 is 13.6 Å². The van der Waals surface area contributed by atoms with Gasteiger partial charge in [0.2, 0.25) is 0 Å². The third-order valence-electron chi connectivity index (χ3n) is 3.28. The van der Waals surface area contributed by atoms with E-state index in [1.165, 1.54) is 0 Å². The molecule has 5 nitrogen and oxygen atoms in total. The molecule has 130 valence electrons. The zero-order valence-corrected chi connectivity index (χ0v) is 14.7. The van der Waals surface area contributed by atoms with Crippen LogP contribution in [0, 0.1) is 17.8 Å². The predicted octanol–water partition coefficient (Wildman–Crippen LogP) is 4.45. The lowest BCUT2D eigenvalue weighted by molar-refractivity contribution is -0.139. The van der Waals surface area contributed by atoms with Gasteiger partial charge in [-0.05, 0) is 37.6 Å².